The maximum atomic E-state index is 13.2. The summed E-state index contributed by atoms with van der Waals surface area (Å²) in [5.41, 5.74) is 1.66. The number of halogens is 1. The summed E-state index contributed by atoms with van der Waals surface area (Å²) in [7, 11) is 1.56. The van der Waals surface area contributed by atoms with Gasteiger partial charge in [0.15, 0.2) is 0 Å². The van der Waals surface area contributed by atoms with E-state index in [1.54, 1.807) is 42.6 Å². The minimum Gasteiger partial charge on any atom is -0.495 e. The number of methoxy groups -OCH3 is 1. The van der Waals surface area contributed by atoms with Crippen LogP contribution in [0.5, 0.6) is 5.75 Å². The molecule has 4 rings (SSSR count). The molecule has 0 N–H and O–H groups in total. The Hall–Kier alpha value is -2.60. The maximum Gasteiger partial charge on any atom is 0.228 e. The van der Waals surface area contributed by atoms with Crippen molar-refractivity contribution in [1.29, 1.82) is 0 Å². The van der Waals surface area contributed by atoms with Crippen LogP contribution in [0, 0.1) is 5.92 Å². The molecule has 0 bridgehead atoms. The molecule has 1 saturated carbocycles. The first-order valence-corrected chi connectivity index (χ1v) is 9.78. The predicted octanol–water partition coefficient (Wildman–Crippen LogP) is 3.29. The second-order valence-electron chi connectivity index (χ2n) is 7.27. The van der Waals surface area contributed by atoms with Gasteiger partial charge in [-0.15, -0.1) is 0 Å². The molecule has 2 heterocycles. The van der Waals surface area contributed by atoms with Crippen molar-refractivity contribution in [3.05, 3.63) is 53.3 Å². The number of nitrogens with zero attached hydrogens (tertiary/aromatic N) is 3. The molecule has 1 atom stereocenters. The van der Waals surface area contributed by atoms with E-state index < -0.39 is 0 Å². The third kappa shape index (κ3) is 3.83. The first kappa shape index (κ1) is 18.7. The Labute approximate surface area is 169 Å². The number of amides is 2. The van der Waals surface area contributed by atoms with Crippen molar-refractivity contribution in [2.75, 3.05) is 18.6 Å². The fourth-order valence-electron chi connectivity index (χ4n) is 3.67. The molecular weight excluding hydrogens is 378 g/mol. The highest BCUT2D eigenvalue weighted by molar-refractivity contribution is 6.31. The summed E-state index contributed by atoms with van der Waals surface area (Å²) < 4.78 is 5.38. The largest absolute Gasteiger partial charge is 0.495 e. The normalized spacial score (nSPS) is 19.0. The van der Waals surface area contributed by atoms with Gasteiger partial charge in [-0.2, -0.15) is 0 Å². The number of carbonyl (C=O) groups excluding carboxylic acids is 2. The second kappa shape index (κ2) is 7.80. The molecule has 1 aliphatic carbocycles. The minimum absolute atomic E-state index is 0.0381. The fourth-order valence-corrected chi connectivity index (χ4v) is 3.84. The van der Waals surface area contributed by atoms with Gasteiger partial charge in [-0.25, -0.2) is 0 Å². The van der Waals surface area contributed by atoms with E-state index in [2.05, 4.69) is 4.98 Å². The van der Waals surface area contributed by atoms with Crippen LogP contribution in [0.3, 0.4) is 0 Å². The molecule has 2 amide bonds. The van der Waals surface area contributed by atoms with E-state index in [1.165, 1.54) is 0 Å². The van der Waals surface area contributed by atoms with Crippen molar-refractivity contribution in [2.45, 2.75) is 31.8 Å². The first-order valence-electron chi connectivity index (χ1n) is 9.40. The van der Waals surface area contributed by atoms with Gasteiger partial charge >= 0.3 is 0 Å². The van der Waals surface area contributed by atoms with Crippen molar-refractivity contribution < 1.29 is 14.3 Å². The van der Waals surface area contributed by atoms with Crippen molar-refractivity contribution in [1.82, 2.24) is 9.88 Å². The van der Waals surface area contributed by atoms with Gasteiger partial charge in [0, 0.05) is 43.0 Å². The van der Waals surface area contributed by atoms with Gasteiger partial charge in [0.05, 0.1) is 18.7 Å². The highest BCUT2D eigenvalue weighted by Crippen LogP contribution is 2.37. The van der Waals surface area contributed by atoms with Crippen LogP contribution in [-0.4, -0.2) is 41.4 Å². The molecule has 1 aliphatic heterocycles. The number of ether oxygens (including phenoxy) is 1. The molecule has 1 unspecified atom stereocenters. The highest BCUT2D eigenvalue weighted by Gasteiger charge is 2.42. The molecule has 1 aromatic heterocycles. The average Bonchev–Trinajstić information content (AvgIpc) is 3.47. The monoisotopic (exact) mass is 399 g/mol. The van der Waals surface area contributed by atoms with E-state index in [0.29, 0.717) is 29.5 Å². The van der Waals surface area contributed by atoms with E-state index in [1.807, 2.05) is 17.0 Å². The van der Waals surface area contributed by atoms with Crippen LogP contribution in [0.15, 0.2) is 42.7 Å². The Morgan fingerprint density at radius 1 is 1.29 bits per heavy atom. The number of carbonyl (C=O) groups is 2. The molecule has 2 fully saturated rings. The zero-order valence-electron chi connectivity index (χ0n) is 15.7. The SMILES string of the molecule is COc1ccc(Cl)cc1N1CC(C(=O)N(Cc2ccncc2)C2CC2)CC1=O. The molecule has 1 saturated heterocycles. The van der Waals surface area contributed by atoms with E-state index in [9.17, 15) is 9.59 Å². The lowest BCUT2D eigenvalue weighted by molar-refractivity contribution is -0.137. The quantitative estimate of drug-likeness (QED) is 0.747. The summed E-state index contributed by atoms with van der Waals surface area (Å²) in [6, 6.07) is 9.28. The third-order valence-electron chi connectivity index (χ3n) is 5.28. The van der Waals surface area contributed by atoms with Gasteiger partial charge in [0.1, 0.15) is 5.75 Å². The number of anilines is 1. The summed E-state index contributed by atoms with van der Waals surface area (Å²) >= 11 is 6.12. The lowest BCUT2D eigenvalue weighted by Crippen LogP contribution is -2.38. The minimum atomic E-state index is -0.362. The summed E-state index contributed by atoms with van der Waals surface area (Å²) in [4.78, 5) is 33.5. The van der Waals surface area contributed by atoms with E-state index >= 15 is 0 Å². The van der Waals surface area contributed by atoms with Gasteiger partial charge in [-0.1, -0.05) is 11.6 Å². The van der Waals surface area contributed by atoms with Crippen LogP contribution in [0.4, 0.5) is 5.69 Å². The standard InChI is InChI=1S/C21H22ClN3O3/c1-28-19-5-2-16(22)11-18(19)25-13-15(10-20(25)26)21(27)24(17-3-4-17)12-14-6-8-23-9-7-14/h2,5-9,11,15,17H,3-4,10,12-13H2,1H3. The van der Waals surface area contributed by atoms with Crippen molar-refractivity contribution in [2.24, 2.45) is 5.92 Å². The van der Waals surface area contributed by atoms with Crippen molar-refractivity contribution in [3.63, 3.8) is 0 Å². The highest BCUT2D eigenvalue weighted by atomic mass is 35.5. The average molecular weight is 400 g/mol. The second-order valence-corrected chi connectivity index (χ2v) is 7.71. The number of hydrogen-bond acceptors (Lipinski definition) is 4. The van der Waals surface area contributed by atoms with E-state index in [0.717, 1.165) is 18.4 Å². The molecule has 28 heavy (non-hydrogen) atoms. The Morgan fingerprint density at radius 3 is 2.71 bits per heavy atom. The summed E-state index contributed by atoms with van der Waals surface area (Å²) in [5, 5.41) is 0.524. The molecule has 146 valence electrons. The fraction of sp³-hybridized carbons (Fsp3) is 0.381. The van der Waals surface area contributed by atoms with Gasteiger partial charge in [-0.05, 0) is 48.7 Å². The predicted molar refractivity (Wildman–Crippen MR) is 106 cm³/mol. The topological polar surface area (TPSA) is 62.7 Å². The number of rotatable bonds is 6. The van der Waals surface area contributed by atoms with Crippen LogP contribution in [0.1, 0.15) is 24.8 Å². The van der Waals surface area contributed by atoms with Crippen LogP contribution in [0.2, 0.25) is 5.02 Å². The maximum absolute atomic E-state index is 13.2. The van der Waals surface area contributed by atoms with Crippen molar-refractivity contribution in [3.8, 4) is 5.75 Å². The number of aromatic nitrogens is 1. The van der Waals surface area contributed by atoms with Crippen molar-refractivity contribution >= 4 is 29.1 Å². The molecule has 2 aromatic rings. The summed E-state index contributed by atoms with van der Waals surface area (Å²) in [6.45, 7) is 0.894. The van der Waals surface area contributed by atoms with Crippen LogP contribution >= 0.6 is 11.6 Å². The summed E-state index contributed by atoms with van der Waals surface area (Å²) in [5.74, 6) is 0.162. The zero-order chi connectivity index (χ0) is 19.7. The van der Waals surface area contributed by atoms with Gasteiger partial charge in [-0.3, -0.25) is 14.6 Å². The summed E-state index contributed by atoms with van der Waals surface area (Å²) in [6.07, 6.45) is 5.70. The number of benzene rings is 1. The molecule has 0 spiro atoms. The lowest BCUT2D eigenvalue weighted by Gasteiger charge is -2.26. The number of hydrogen-bond donors (Lipinski definition) is 0. The Morgan fingerprint density at radius 2 is 2.04 bits per heavy atom. The van der Waals surface area contributed by atoms with Crippen LogP contribution in [-0.2, 0) is 16.1 Å². The molecule has 0 radical (unpaired) electrons. The van der Waals surface area contributed by atoms with Gasteiger partial charge in [0.25, 0.3) is 0 Å². The molecule has 1 aromatic carbocycles. The molecule has 6 nitrogen and oxygen atoms in total. The van der Waals surface area contributed by atoms with E-state index in [-0.39, 0.29) is 30.2 Å². The molecular formula is C21H22ClN3O3. The van der Waals surface area contributed by atoms with Crippen LogP contribution in [0.25, 0.3) is 0 Å². The van der Waals surface area contributed by atoms with Crippen LogP contribution < -0.4 is 9.64 Å². The Bertz CT molecular complexity index is 886. The van der Waals surface area contributed by atoms with Gasteiger partial charge < -0.3 is 14.5 Å². The molecule has 2 aliphatic rings. The third-order valence-corrected chi connectivity index (χ3v) is 5.51. The Kier molecular flexibility index (Phi) is 5.22. The lowest BCUT2D eigenvalue weighted by atomic mass is 10.1. The van der Waals surface area contributed by atoms with E-state index in [4.69, 9.17) is 16.3 Å². The zero-order valence-corrected chi connectivity index (χ0v) is 16.4. The smallest absolute Gasteiger partial charge is 0.228 e. The molecule has 7 heteroatoms. The first-order chi connectivity index (χ1) is 13.6. The number of pyridine rings is 1. The van der Waals surface area contributed by atoms with Gasteiger partial charge in [0.2, 0.25) is 11.8 Å². The Balaban J connectivity index is 1.53.